The van der Waals surface area contributed by atoms with Gasteiger partial charge < -0.3 is 9.64 Å². The van der Waals surface area contributed by atoms with Crippen molar-refractivity contribution in [1.82, 2.24) is 15.8 Å². The number of para-hydroxylation sites is 2. The van der Waals surface area contributed by atoms with E-state index in [-0.39, 0.29) is 5.91 Å². The number of piperazine rings is 1. The zero-order valence-electron chi connectivity index (χ0n) is 16.7. The second-order valence-corrected chi connectivity index (χ2v) is 7.02. The predicted octanol–water partition coefficient (Wildman–Crippen LogP) is 1.81. The fourth-order valence-electron chi connectivity index (χ4n) is 3.18. The molecule has 3 rings (SSSR count). The maximum atomic E-state index is 12.1. The van der Waals surface area contributed by atoms with E-state index in [1.165, 1.54) is 5.69 Å². The summed E-state index contributed by atoms with van der Waals surface area (Å²) in [5.74, 6) is 0.00514. The van der Waals surface area contributed by atoms with Crippen LogP contribution >= 0.6 is 0 Å². The molecule has 2 aromatic rings. The number of rotatable bonds is 7. The molecule has 0 saturated carbocycles. The number of hydrogen-bond acceptors (Lipinski definition) is 5. The summed E-state index contributed by atoms with van der Waals surface area (Å²) in [6.07, 6.45) is -0.372. The summed E-state index contributed by atoms with van der Waals surface area (Å²) in [6.45, 7) is 6.02. The van der Waals surface area contributed by atoms with Gasteiger partial charge in [-0.25, -0.2) is 0 Å². The Morgan fingerprint density at radius 3 is 2.21 bits per heavy atom. The number of benzene rings is 2. The van der Waals surface area contributed by atoms with E-state index >= 15 is 0 Å². The van der Waals surface area contributed by atoms with Gasteiger partial charge in [0.05, 0.1) is 0 Å². The van der Waals surface area contributed by atoms with Crippen molar-refractivity contribution in [3.63, 3.8) is 0 Å². The Morgan fingerprint density at radius 1 is 0.931 bits per heavy atom. The van der Waals surface area contributed by atoms with Gasteiger partial charge in [-0.15, -0.1) is 0 Å². The van der Waals surface area contributed by atoms with Crippen LogP contribution in [0.5, 0.6) is 5.75 Å². The Balaban J connectivity index is 1.31. The minimum absolute atomic E-state index is 0.212. The number of hydrazine groups is 1. The first kappa shape index (κ1) is 20.7. The molecule has 1 aliphatic heterocycles. The maximum absolute atomic E-state index is 12.1. The lowest BCUT2D eigenvalue weighted by Gasteiger charge is -2.36. The van der Waals surface area contributed by atoms with Crippen molar-refractivity contribution in [2.45, 2.75) is 19.4 Å². The molecule has 154 valence electrons. The summed E-state index contributed by atoms with van der Waals surface area (Å²) in [5.41, 5.74) is 6.13. The summed E-state index contributed by atoms with van der Waals surface area (Å²) in [4.78, 5) is 28.7. The molecule has 1 aliphatic rings. The van der Waals surface area contributed by atoms with Crippen LogP contribution in [0.25, 0.3) is 0 Å². The van der Waals surface area contributed by atoms with Crippen molar-refractivity contribution in [3.05, 3.63) is 60.7 Å². The molecule has 0 aliphatic carbocycles. The number of nitrogens with zero attached hydrogens (tertiary/aromatic N) is 2. The molecule has 2 N–H and O–H groups in total. The summed E-state index contributed by atoms with van der Waals surface area (Å²) >= 11 is 0. The number of hydrogen-bond donors (Lipinski definition) is 2. The van der Waals surface area contributed by atoms with Gasteiger partial charge in [-0.3, -0.25) is 25.3 Å². The number of carbonyl (C=O) groups is 2. The quantitative estimate of drug-likeness (QED) is 0.699. The molecular weight excluding hydrogens is 368 g/mol. The average molecular weight is 396 g/mol. The van der Waals surface area contributed by atoms with E-state index in [1.54, 1.807) is 19.1 Å². The van der Waals surface area contributed by atoms with Gasteiger partial charge in [0.2, 0.25) is 5.91 Å². The highest BCUT2D eigenvalue weighted by atomic mass is 16.5. The van der Waals surface area contributed by atoms with Crippen LogP contribution in [0.15, 0.2) is 60.7 Å². The Labute approximate surface area is 171 Å². The number of nitrogens with one attached hydrogen (secondary N) is 2. The first-order valence-electron chi connectivity index (χ1n) is 9.94. The number of carbonyl (C=O) groups excluding carboxylic acids is 2. The summed E-state index contributed by atoms with van der Waals surface area (Å²) in [5, 5.41) is 0. The lowest BCUT2D eigenvalue weighted by molar-refractivity contribution is -0.132. The number of anilines is 1. The second kappa shape index (κ2) is 10.5. The van der Waals surface area contributed by atoms with E-state index in [4.69, 9.17) is 4.74 Å². The molecule has 1 heterocycles. The summed E-state index contributed by atoms with van der Waals surface area (Å²) in [7, 11) is 0. The molecule has 0 aromatic heterocycles. The Hall–Kier alpha value is -3.06. The molecule has 0 bridgehead atoms. The van der Waals surface area contributed by atoms with E-state index in [9.17, 15) is 9.59 Å². The third-order valence-electron chi connectivity index (χ3n) is 4.90. The van der Waals surface area contributed by atoms with Crippen molar-refractivity contribution < 1.29 is 14.3 Å². The van der Waals surface area contributed by atoms with Crippen LogP contribution in [0.2, 0.25) is 0 Å². The van der Waals surface area contributed by atoms with Crippen molar-refractivity contribution in [2.24, 2.45) is 0 Å². The first-order chi connectivity index (χ1) is 14.1. The molecule has 1 saturated heterocycles. The lowest BCUT2D eigenvalue weighted by Crippen LogP contribution is -2.49. The second-order valence-electron chi connectivity index (χ2n) is 7.02. The van der Waals surface area contributed by atoms with Gasteiger partial charge in [-0.2, -0.15) is 0 Å². The highest BCUT2D eigenvalue weighted by molar-refractivity contribution is 5.84. The standard InChI is InChI=1S/C22H28N4O3/c1-18(29-20-10-6-3-7-11-20)22(28)24-23-21(27)12-13-25-14-16-26(17-15-25)19-8-4-2-5-9-19/h2-11,18H,12-17H2,1H3,(H,23,27)(H,24,28)/t18-/m1/s1. The summed E-state index contributed by atoms with van der Waals surface area (Å²) < 4.78 is 5.53. The minimum atomic E-state index is -0.705. The number of ether oxygens (including phenoxy) is 1. The Bertz CT molecular complexity index is 777. The zero-order valence-corrected chi connectivity index (χ0v) is 16.7. The van der Waals surface area contributed by atoms with E-state index in [0.29, 0.717) is 18.7 Å². The van der Waals surface area contributed by atoms with Crippen LogP contribution in [0.4, 0.5) is 5.69 Å². The van der Waals surface area contributed by atoms with Gasteiger partial charge in [-0.1, -0.05) is 36.4 Å². The molecule has 2 amide bonds. The molecule has 7 nitrogen and oxygen atoms in total. The van der Waals surface area contributed by atoms with Crippen molar-refractivity contribution in [3.8, 4) is 5.75 Å². The fraction of sp³-hybridized carbons (Fsp3) is 0.364. The summed E-state index contributed by atoms with van der Waals surface area (Å²) in [6, 6.07) is 19.5. The van der Waals surface area contributed by atoms with Crippen LogP contribution in [-0.2, 0) is 9.59 Å². The van der Waals surface area contributed by atoms with Gasteiger partial charge in [-0.05, 0) is 31.2 Å². The highest BCUT2D eigenvalue weighted by Gasteiger charge is 2.18. The van der Waals surface area contributed by atoms with Crippen LogP contribution in [-0.4, -0.2) is 55.5 Å². The molecule has 1 atom stereocenters. The largest absolute Gasteiger partial charge is 0.481 e. The maximum Gasteiger partial charge on any atom is 0.279 e. The molecule has 1 fully saturated rings. The van der Waals surface area contributed by atoms with Crippen LogP contribution < -0.4 is 20.5 Å². The minimum Gasteiger partial charge on any atom is -0.481 e. The van der Waals surface area contributed by atoms with Crippen LogP contribution in [0.3, 0.4) is 0 Å². The van der Waals surface area contributed by atoms with Crippen LogP contribution in [0, 0.1) is 0 Å². The Morgan fingerprint density at radius 2 is 1.55 bits per heavy atom. The van der Waals surface area contributed by atoms with E-state index in [1.807, 2.05) is 36.4 Å². The van der Waals surface area contributed by atoms with E-state index in [2.05, 4.69) is 32.8 Å². The fourth-order valence-corrected chi connectivity index (χ4v) is 3.18. The predicted molar refractivity (Wildman–Crippen MR) is 113 cm³/mol. The van der Waals surface area contributed by atoms with Gasteiger partial charge in [0.25, 0.3) is 5.91 Å². The normalized spacial score (nSPS) is 15.4. The topological polar surface area (TPSA) is 73.9 Å². The van der Waals surface area contributed by atoms with Crippen molar-refractivity contribution in [2.75, 3.05) is 37.6 Å². The average Bonchev–Trinajstić information content (AvgIpc) is 2.77. The molecule has 0 spiro atoms. The van der Waals surface area contributed by atoms with Gasteiger partial charge >= 0.3 is 0 Å². The molecular formula is C22H28N4O3. The highest BCUT2D eigenvalue weighted by Crippen LogP contribution is 2.15. The van der Waals surface area contributed by atoms with Gasteiger partial charge in [0, 0.05) is 44.8 Å². The molecule has 7 heteroatoms. The first-order valence-corrected chi connectivity index (χ1v) is 9.94. The smallest absolute Gasteiger partial charge is 0.279 e. The van der Waals surface area contributed by atoms with Crippen molar-refractivity contribution in [1.29, 1.82) is 0 Å². The zero-order chi connectivity index (χ0) is 20.5. The van der Waals surface area contributed by atoms with Gasteiger partial charge in [0.1, 0.15) is 5.75 Å². The van der Waals surface area contributed by atoms with Crippen molar-refractivity contribution >= 4 is 17.5 Å². The molecule has 29 heavy (non-hydrogen) atoms. The third-order valence-corrected chi connectivity index (χ3v) is 4.90. The van der Waals surface area contributed by atoms with E-state index in [0.717, 1.165) is 26.2 Å². The molecule has 2 aromatic carbocycles. The molecule has 0 unspecified atom stereocenters. The van der Waals surface area contributed by atoms with Crippen LogP contribution in [0.1, 0.15) is 13.3 Å². The number of amides is 2. The van der Waals surface area contributed by atoms with E-state index < -0.39 is 12.0 Å². The lowest BCUT2D eigenvalue weighted by atomic mass is 10.2. The third kappa shape index (κ3) is 6.50. The molecule has 0 radical (unpaired) electrons. The Kier molecular flexibility index (Phi) is 7.47. The van der Waals surface area contributed by atoms with Gasteiger partial charge in [0.15, 0.2) is 6.10 Å². The monoisotopic (exact) mass is 396 g/mol. The SMILES string of the molecule is C[C@@H](Oc1ccccc1)C(=O)NNC(=O)CCN1CCN(c2ccccc2)CC1.